The average molecular weight is 198 g/mol. The van der Waals surface area contributed by atoms with Crippen LogP contribution in [0, 0.1) is 12.8 Å². The van der Waals surface area contributed by atoms with Crippen LogP contribution in [0.5, 0.6) is 0 Å². The van der Waals surface area contributed by atoms with Crippen molar-refractivity contribution in [3.8, 4) is 0 Å². The molecule has 0 fully saturated rings. The minimum atomic E-state index is 0.542. The maximum Gasteiger partial charge on any atom is 0.0435 e. The van der Waals surface area contributed by atoms with Crippen molar-refractivity contribution in [3.63, 3.8) is 0 Å². The van der Waals surface area contributed by atoms with Crippen molar-refractivity contribution in [1.29, 1.82) is 0 Å². The highest BCUT2D eigenvalue weighted by Gasteiger charge is 2.02. The van der Waals surface area contributed by atoms with Gasteiger partial charge in [-0.05, 0) is 43.0 Å². The summed E-state index contributed by atoms with van der Waals surface area (Å²) in [5.74, 6) is 0.542. The van der Waals surface area contributed by atoms with E-state index in [0.717, 1.165) is 23.6 Å². The molecule has 2 N–H and O–H groups in total. The minimum Gasteiger partial charge on any atom is -0.330 e. The van der Waals surface area contributed by atoms with Crippen molar-refractivity contribution in [2.75, 3.05) is 6.54 Å². The zero-order valence-electron chi connectivity index (χ0n) is 8.18. The maximum atomic E-state index is 5.93. The Bertz CT molecular complexity index is 283. The monoisotopic (exact) mass is 197 g/mol. The standard InChI is InChI=1S/C11H16ClN/c1-8(7-13)5-10-3-4-11(12)9(2)6-10/h3-4,6,8H,5,7,13H2,1-2H3. The third kappa shape index (κ3) is 3.02. The van der Waals surface area contributed by atoms with Gasteiger partial charge in [0.05, 0.1) is 0 Å². The van der Waals surface area contributed by atoms with Crippen molar-refractivity contribution in [2.45, 2.75) is 20.3 Å². The van der Waals surface area contributed by atoms with E-state index in [0.29, 0.717) is 5.92 Å². The van der Waals surface area contributed by atoms with Gasteiger partial charge in [0, 0.05) is 5.02 Å². The first-order chi connectivity index (χ1) is 6.13. The minimum absolute atomic E-state index is 0.542. The summed E-state index contributed by atoms with van der Waals surface area (Å²) in [5.41, 5.74) is 8.02. The Balaban J connectivity index is 2.73. The molecule has 2 heteroatoms. The van der Waals surface area contributed by atoms with E-state index in [1.807, 2.05) is 13.0 Å². The normalized spacial score (nSPS) is 12.9. The maximum absolute atomic E-state index is 5.93. The molecule has 1 nitrogen and oxygen atoms in total. The van der Waals surface area contributed by atoms with Crippen LogP contribution in [0.15, 0.2) is 18.2 Å². The molecule has 1 atom stereocenters. The first-order valence-corrected chi connectivity index (χ1v) is 4.96. The molecule has 0 radical (unpaired) electrons. The third-order valence-electron chi connectivity index (χ3n) is 2.21. The van der Waals surface area contributed by atoms with Gasteiger partial charge in [-0.2, -0.15) is 0 Å². The molecule has 72 valence electrons. The summed E-state index contributed by atoms with van der Waals surface area (Å²) in [6.07, 6.45) is 1.04. The summed E-state index contributed by atoms with van der Waals surface area (Å²) in [7, 11) is 0. The predicted molar refractivity (Wildman–Crippen MR) is 58.1 cm³/mol. The molecule has 1 aromatic rings. The van der Waals surface area contributed by atoms with Crippen molar-refractivity contribution in [2.24, 2.45) is 11.7 Å². The number of nitrogens with two attached hydrogens (primary N) is 1. The highest BCUT2D eigenvalue weighted by molar-refractivity contribution is 6.31. The van der Waals surface area contributed by atoms with Crippen molar-refractivity contribution < 1.29 is 0 Å². The molecule has 1 aromatic carbocycles. The second kappa shape index (κ2) is 4.64. The van der Waals surface area contributed by atoms with Crippen LogP contribution in [0.3, 0.4) is 0 Å². The van der Waals surface area contributed by atoms with Crippen LogP contribution in [0.4, 0.5) is 0 Å². The van der Waals surface area contributed by atoms with E-state index in [9.17, 15) is 0 Å². The van der Waals surface area contributed by atoms with E-state index >= 15 is 0 Å². The van der Waals surface area contributed by atoms with Gasteiger partial charge in [-0.1, -0.05) is 30.7 Å². The van der Waals surface area contributed by atoms with Gasteiger partial charge in [0.15, 0.2) is 0 Å². The molecular formula is C11H16ClN. The van der Waals surface area contributed by atoms with Gasteiger partial charge in [0.25, 0.3) is 0 Å². The van der Waals surface area contributed by atoms with Crippen LogP contribution in [0.25, 0.3) is 0 Å². The Morgan fingerprint density at radius 2 is 2.15 bits per heavy atom. The second-order valence-corrected chi connectivity index (χ2v) is 4.04. The lowest BCUT2D eigenvalue weighted by Crippen LogP contribution is -2.13. The van der Waals surface area contributed by atoms with Gasteiger partial charge in [-0.15, -0.1) is 0 Å². The first-order valence-electron chi connectivity index (χ1n) is 4.58. The van der Waals surface area contributed by atoms with Crippen molar-refractivity contribution in [3.05, 3.63) is 34.3 Å². The molecule has 0 heterocycles. The Morgan fingerprint density at radius 3 is 2.69 bits per heavy atom. The molecule has 0 bridgehead atoms. The molecule has 0 aliphatic rings. The summed E-state index contributed by atoms with van der Waals surface area (Å²) < 4.78 is 0. The molecular weight excluding hydrogens is 182 g/mol. The van der Waals surface area contributed by atoms with Gasteiger partial charge in [0.2, 0.25) is 0 Å². The van der Waals surface area contributed by atoms with Crippen LogP contribution in [-0.2, 0) is 6.42 Å². The lowest BCUT2D eigenvalue weighted by Gasteiger charge is -2.09. The summed E-state index contributed by atoms with van der Waals surface area (Å²) in [4.78, 5) is 0. The highest BCUT2D eigenvalue weighted by atomic mass is 35.5. The summed E-state index contributed by atoms with van der Waals surface area (Å²) in [6, 6.07) is 6.16. The number of aryl methyl sites for hydroxylation is 1. The zero-order valence-corrected chi connectivity index (χ0v) is 8.93. The number of hydrogen-bond acceptors (Lipinski definition) is 1. The van der Waals surface area contributed by atoms with E-state index in [4.69, 9.17) is 17.3 Å². The van der Waals surface area contributed by atoms with Crippen LogP contribution < -0.4 is 5.73 Å². The molecule has 1 rings (SSSR count). The fourth-order valence-corrected chi connectivity index (χ4v) is 1.44. The zero-order chi connectivity index (χ0) is 9.84. The van der Waals surface area contributed by atoms with E-state index in [-0.39, 0.29) is 0 Å². The van der Waals surface area contributed by atoms with E-state index < -0.39 is 0 Å². The smallest absolute Gasteiger partial charge is 0.0435 e. The van der Waals surface area contributed by atoms with Crippen LogP contribution >= 0.6 is 11.6 Å². The van der Waals surface area contributed by atoms with Gasteiger partial charge in [-0.25, -0.2) is 0 Å². The largest absolute Gasteiger partial charge is 0.330 e. The van der Waals surface area contributed by atoms with Crippen molar-refractivity contribution in [1.82, 2.24) is 0 Å². The van der Waals surface area contributed by atoms with Crippen LogP contribution in [-0.4, -0.2) is 6.54 Å². The van der Waals surface area contributed by atoms with Gasteiger partial charge in [-0.3, -0.25) is 0 Å². The Kier molecular flexibility index (Phi) is 3.76. The predicted octanol–water partition coefficient (Wildman–Crippen LogP) is 2.79. The molecule has 0 aliphatic carbocycles. The quantitative estimate of drug-likeness (QED) is 0.793. The molecule has 0 aliphatic heterocycles. The summed E-state index contributed by atoms with van der Waals surface area (Å²) >= 11 is 5.93. The molecule has 0 saturated carbocycles. The Hall–Kier alpha value is -0.530. The molecule has 1 unspecified atom stereocenters. The highest BCUT2D eigenvalue weighted by Crippen LogP contribution is 2.18. The second-order valence-electron chi connectivity index (χ2n) is 3.63. The van der Waals surface area contributed by atoms with E-state index in [2.05, 4.69) is 19.1 Å². The van der Waals surface area contributed by atoms with Crippen LogP contribution in [0.1, 0.15) is 18.1 Å². The lowest BCUT2D eigenvalue weighted by atomic mass is 10.00. The first kappa shape index (κ1) is 10.6. The van der Waals surface area contributed by atoms with Crippen LogP contribution in [0.2, 0.25) is 5.02 Å². The number of benzene rings is 1. The summed E-state index contributed by atoms with van der Waals surface area (Å²) in [5, 5.41) is 0.837. The number of rotatable bonds is 3. The molecule has 0 amide bonds. The van der Waals surface area contributed by atoms with Gasteiger partial charge in [0.1, 0.15) is 0 Å². The summed E-state index contributed by atoms with van der Waals surface area (Å²) in [6.45, 7) is 4.92. The SMILES string of the molecule is Cc1cc(CC(C)CN)ccc1Cl. The topological polar surface area (TPSA) is 26.0 Å². The number of halogens is 1. The van der Waals surface area contributed by atoms with E-state index in [1.54, 1.807) is 0 Å². The molecule has 0 saturated heterocycles. The van der Waals surface area contributed by atoms with Crippen molar-refractivity contribution >= 4 is 11.6 Å². The molecule has 0 spiro atoms. The average Bonchev–Trinajstić information content (AvgIpc) is 2.11. The fourth-order valence-electron chi connectivity index (χ4n) is 1.32. The van der Waals surface area contributed by atoms with Gasteiger partial charge < -0.3 is 5.73 Å². The molecule has 13 heavy (non-hydrogen) atoms. The van der Waals surface area contributed by atoms with Gasteiger partial charge >= 0.3 is 0 Å². The third-order valence-corrected chi connectivity index (χ3v) is 2.63. The Morgan fingerprint density at radius 1 is 1.46 bits per heavy atom. The number of hydrogen-bond donors (Lipinski definition) is 1. The molecule has 0 aromatic heterocycles. The lowest BCUT2D eigenvalue weighted by molar-refractivity contribution is 0.593. The fraction of sp³-hybridized carbons (Fsp3) is 0.455. The van der Waals surface area contributed by atoms with E-state index in [1.165, 1.54) is 5.56 Å². The Labute approximate surface area is 84.9 Å².